The third-order valence-electron chi connectivity index (χ3n) is 12.3. The van der Waals surface area contributed by atoms with Gasteiger partial charge in [-0.1, -0.05) is 41.5 Å². The fourth-order valence-electron chi connectivity index (χ4n) is 6.59. The Morgan fingerprint density at radius 3 is 1.59 bits per heavy atom. The van der Waals surface area contributed by atoms with Gasteiger partial charge >= 0.3 is 6.09 Å². The first kappa shape index (κ1) is 46.7. The average molecular weight is 845 g/mol. The lowest BCUT2D eigenvalue weighted by Gasteiger charge is -2.38. The molecule has 2 heterocycles. The number of ether oxygens (including phenoxy) is 4. The van der Waals surface area contributed by atoms with Crippen molar-refractivity contribution in [3.05, 3.63) is 35.4 Å². The number of carboxylic acid groups (broad SMARTS) is 1. The van der Waals surface area contributed by atoms with E-state index in [9.17, 15) is 19.5 Å². The van der Waals surface area contributed by atoms with Gasteiger partial charge in [0.15, 0.2) is 39.6 Å². The van der Waals surface area contributed by atoms with E-state index in [1.54, 1.807) is 17.0 Å². The van der Waals surface area contributed by atoms with Gasteiger partial charge in [0, 0.05) is 37.3 Å². The smallest absolute Gasteiger partial charge is 0.409 e. The molecule has 0 aliphatic carbocycles. The minimum absolute atomic E-state index is 0.0239. The molecule has 0 radical (unpaired) electrons. The number of anilines is 2. The minimum atomic E-state index is -2.04. The molecular weight excluding hydrogens is 777 g/mol. The molecule has 2 aromatic carbocycles. The maximum Gasteiger partial charge on any atom is 0.409 e. The van der Waals surface area contributed by atoms with E-state index in [2.05, 4.69) is 73.0 Å². The highest BCUT2D eigenvalue weighted by Crippen LogP contribution is 2.40. The quantitative estimate of drug-likeness (QED) is 0.0793. The van der Waals surface area contributed by atoms with Crippen LogP contribution < -0.4 is 30.0 Å². The van der Waals surface area contributed by atoms with E-state index in [4.69, 9.17) is 33.5 Å². The van der Waals surface area contributed by atoms with Gasteiger partial charge in [0.25, 0.3) is 11.8 Å². The predicted octanol–water partition coefficient (Wildman–Crippen LogP) is 8.48. The first-order valence-corrected chi connectivity index (χ1v) is 26.2. The van der Waals surface area contributed by atoms with E-state index < -0.39 is 22.7 Å². The lowest BCUT2D eigenvalue weighted by Crippen LogP contribution is -2.46. The molecule has 3 amide bonds. The van der Waals surface area contributed by atoms with Gasteiger partial charge in [-0.2, -0.15) is 0 Å². The van der Waals surface area contributed by atoms with E-state index >= 15 is 0 Å². The van der Waals surface area contributed by atoms with Crippen LogP contribution >= 0.6 is 0 Å². The van der Waals surface area contributed by atoms with Crippen LogP contribution in [-0.2, 0) is 8.85 Å². The van der Waals surface area contributed by atoms with Crippen molar-refractivity contribution >= 4 is 45.9 Å². The summed E-state index contributed by atoms with van der Waals surface area (Å²) < 4.78 is 36.3. The number of hydrogen-bond acceptors (Lipinski definition) is 10. The van der Waals surface area contributed by atoms with Gasteiger partial charge in [-0.05, 0) is 74.1 Å². The number of nitrogens with one attached hydrogen (secondary N) is 1. The Labute approximate surface area is 347 Å². The number of likely N-dealkylation sites (tertiary alicyclic amines) is 2. The molecule has 58 heavy (non-hydrogen) atoms. The summed E-state index contributed by atoms with van der Waals surface area (Å²) in [4.78, 5) is 43.3. The third-order valence-corrected chi connectivity index (χ3v) is 21.3. The molecule has 16 heteroatoms. The second kappa shape index (κ2) is 18.9. The summed E-state index contributed by atoms with van der Waals surface area (Å²) in [7, 11) is -1.05. The van der Waals surface area contributed by atoms with Crippen LogP contribution in [0.3, 0.4) is 0 Å². The van der Waals surface area contributed by atoms with Crippen LogP contribution in [0, 0.1) is 0 Å². The molecule has 2 aromatic rings. The molecule has 2 fully saturated rings. The molecule has 0 aromatic heterocycles. The predicted molar refractivity (Wildman–Crippen MR) is 232 cm³/mol. The highest BCUT2D eigenvalue weighted by molar-refractivity contribution is 6.74. The number of methoxy groups -OCH3 is 2. The number of nitrogens with two attached hydrogens (primary N) is 1. The van der Waals surface area contributed by atoms with Gasteiger partial charge in [0.1, 0.15) is 0 Å². The number of amides is 3. The largest absolute Gasteiger partial charge is 0.493 e. The first-order chi connectivity index (χ1) is 27.0. The lowest BCUT2D eigenvalue weighted by atomic mass is 10.1. The molecular formula is C42H68N4O10Si2. The maximum absolute atomic E-state index is 14.0. The Kier molecular flexibility index (Phi) is 15.2. The summed E-state index contributed by atoms with van der Waals surface area (Å²) in [6, 6.07) is 6.08. The van der Waals surface area contributed by atoms with Crippen molar-refractivity contribution in [1.29, 1.82) is 0 Å². The van der Waals surface area contributed by atoms with Gasteiger partial charge < -0.3 is 48.4 Å². The van der Waals surface area contributed by atoms with Crippen molar-refractivity contribution in [2.24, 2.45) is 0 Å². The zero-order valence-electron chi connectivity index (χ0n) is 36.8. The third kappa shape index (κ3) is 11.2. The maximum atomic E-state index is 14.0. The number of nitrogens with zero attached hydrogens (tertiary/aromatic N) is 2. The van der Waals surface area contributed by atoms with Crippen molar-refractivity contribution < 1.29 is 47.3 Å². The summed E-state index contributed by atoms with van der Waals surface area (Å²) in [5.74, 6) is 0.854. The minimum Gasteiger partial charge on any atom is -0.493 e. The number of benzene rings is 2. The highest BCUT2D eigenvalue weighted by Gasteiger charge is 2.41. The summed E-state index contributed by atoms with van der Waals surface area (Å²) in [6.45, 7) is 24.4. The molecule has 0 saturated carbocycles. The summed E-state index contributed by atoms with van der Waals surface area (Å²) in [6.07, 6.45) is 2.51. The highest BCUT2D eigenvalue weighted by atomic mass is 28.4. The standard InChI is InChI=1S/C42H68N4O10Si2/c1-41(2,3)57(9,10)55-26-28-16-13-18-45(28)38(47)30-22-34(51-7)36(24-32(30)43)53-20-15-21-54-37-25-33(44-40(49)50)31(23-35(37)52-8)39(48)46-19-14-17-29(46)27-56-58(11,12)42(4,5)6/h22-25,28-29,44H,13-21,26-27,43H2,1-12H3,(H,49,50). The normalized spacial score (nSPS) is 17.7. The molecule has 2 aliphatic rings. The summed E-state index contributed by atoms with van der Waals surface area (Å²) in [5.41, 5.74) is 7.35. The van der Waals surface area contributed by atoms with E-state index in [1.165, 1.54) is 26.4 Å². The molecule has 2 unspecified atom stereocenters. The van der Waals surface area contributed by atoms with Gasteiger partial charge in [-0.15, -0.1) is 0 Å². The van der Waals surface area contributed by atoms with Crippen molar-refractivity contribution in [2.75, 3.05) is 64.8 Å². The Bertz CT molecular complexity index is 1780. The van der Waals surface area contributed by atoms with Gasteiger partial charge in [-0.3, -0.25) is 14.9 Å². The molecule has 4 N–H and O–H groups in total. The molecule has 14 nitrogen and oxygen atoms in total. The number of carbonyl (C=O) groups excluding carboxylic acids is 2. The van der Waals surface area contributed by atoms with Crippen molar-refractivity contribution in [1.82, 2.24) is 9.80 Å². The summed E-state index contributed by atoms with van der Waals surface area (Å²) >= 11 is 0. The van der Waals surface area contributed by atoms with Gasteiger partial charge in [0.2, 0.25) is 0 Å². The van der Waals surface area contributed by atoms with E-state index in [0.717, 1.165) is 25.7 Å². The van der Waals surface area contributed by atoms with E-state index in [-0.39, 0.29) is 75.6 Å². The van der Waals surface area contributed by atoms with Gasteiger partial charge in [-0.25, -0.2) is 4.79 Å². The first-order valence-electron chi connectivity index (χ1n) is 20.4. The molecule has 324 valence electrons. The average Bonchev–Trinajstić information content (AvgIpc) is 3.81. The molecule has 2 aliphatic heterocycles. The van der Waals surface area contributed by atoms with Crippen LogP contribution in [0.15, 0.2) is 24.3 Å². The fraction of sp³-hybridized carbons (Fsp3) is 0.643. The molecule has 4 rings (SSSR count). The molecule has 2 atom stereocenters. The van der Waals surface area contributed by atoms with Crippen LogP contribution in [0.25, 0.3) is 0 Å². The van der Waals surface area contributed by atoms with E-state index in [1.807, 2.05) is 4.90 Å². The fourth-order valence-corrected chi connectivity index (χ4v) is 8.67. The lowest BCUT2D eigenvalue weighted by molar-refractivity contribution is 0.0678. The summed E-state index contributed by atoms with van der Waals surface area (Å²) in [5, 5.41) is 12.2. The van der Waals surface area contributed by atoms with Crippen LogP contribution in [0.5, 0.6) is 23.0 Å². The van der Waals surface area contributed by atoms with Crippen molar-refractivity contribution in [3.63, 3.8) is 0 Å². The number of nitrogen functional groups attached to an aromatic ring is 1. The van der Waals surface area contributed by atoms with Crippen LogP contribution in [-0.4, -0.2) is 115 Å². The van der Waals surface area contributed by atoms with Crippen LogP contribution in [0.1, 0.15) is 94.4 Å². The molecule has 0 spiro atoms. The second-order valence-electron chi connectivity index (χ2n) is 18.4. The molecule has 0 bridgehead atoms. The second-order valence-corrected chi connectivity index (χ2v) is 28.0. The Morgan fingerprint density at radius 1 is 0.724 bits per heavy atom. The Hall–Kier alpha value is -4.00. The van der Waals surface area contributed by atoms with Crippen molar-refractivity contribution in [3.8, 4) is 23.0 Å². The monoisotopic (exact) mass is 844 g/mol. The number of hydrogen-bond donors (Lipinski definition) is 3. The van der Waals surface area contributed by atoms with Crippen molar-refractivity contribution in [2.45, 2.75) is 122 Å². The van der Waals surface area contributed by atoms with Crippen LogP contribution in [0.4, 0.5) is 16.2 Å². The SMILES string of the molecule is COc1cc(C(=O)N2CCCC2CO[Si](C)(C)C(C)(C)C)c(N)cc1OCCCOc1cc(NC(=O)O)c(C(=O)N2CCCC2CO[Si](C)(C)C(C)(C)C)cc1OC. The van der Waals surface area contributed by atoms with E-state index in [0.29, 0.717) is 49.8 Å². The van der Waals surface area contributed by atoms with Crippen LogP contribution in [0.2, 0.25) is 36.3 Å². The number of rotatable bonds is 17. The number of carbonyl (C=O) groups is 3. The molecule has 2 saturated heterocycles. The Morgan fingerprint density at radius 2 is 1.16 bits per heavy atom. The Balaban J connectivity index is 1.40. The zero-order valence-corrected chi connectivity index (χ0v) is 38.8. The van der Waals surface area contributed by atoms with Gasteiger partial charge in [0.05, 0.1) is 69.5 Å². The zero-order chi connectivity index (χ0) is 43.2. The topological polar surface area (TPSA) is 171 Å².